The van der Waals surface area contributed by atoms with Gasteiger partial charge in [0.05, 0.1) is 0 Å². The van der Waals surface area contributed by atoms with Crippen LogP contribution in [0.2, 0.25) is 0 Å². The minimum Gasteiger partial charge on any atom is -0.351 e. The molecule has 1 aliphatic rings. The molecule has 0 spiro atoms. The molecule has 4 heteroatoms. The molecular formula is C6H9N3O. The first-order valence-corrected chi connectivity index (χ1v) is 3.42. The molecule has 0 aromatic carbocycles. The lowest BCUT2D eigenvalue weighted by Crippen LogP contribution is -1.90. The first kappa shape index (κ1) is 5.70. The number of anilines is 1. The predicted molar refractivity (Wildman–Crippen MR) is 35.1 cm³/mol. The van der Waals surface area contributed by atoms with Crippen molar-refractivity contribution in [3.8, 4) is 0 Å². The van der Waals surface area contributed by atoms with Gasteiger partial charge < -0.3 is 10.3 Å². The Morgan fingerprint density at radius 3 is 2.90 bits per heavy atom. The Kier molecular flexibility index (Phi) is 1.12. The highest BCUT2D eigenvalue weighted by Gasteiger charge is 2.23. The minimum absolute atomic E-state index is 0.177. The van der Waals surface area contributed by atoms with Crippen molar-refractivity contribution in [1.29, 1.82) is 0 Å². The van der Waals surface area contributed by atoms with E-state index >= 15 is 0 Å². The molecule has 1 aromatic rings. The molecule has 2 N–H and O–H groups in total. The zero-order valence-corrected chi connectivity index (χ0v) is 5.58. The molecular weight excluding hydrogens is 130 g/mol. The second kappa shape index (κ2) is 1.97. The Labute approximate surface area is 58.4 Å². The van der Waals surface area contributed by atoms with Crippen LogP contribution in [0.5, 0.6) is 0 Å². The molecule has 1 saturated carbocycles. The third-order valence-corrected chi connectivity index (χ3v) is 1.65. The average Bonchev–Trinajstić information content (AvgIpc) is 2.59. The maximum atomic E-state index is 5.23. The lowest BCUT2D eigenvalue weighted by Gasteiger charge is -1.84. The molecule has 10 heavy (non-hydrogen) atoms. The zero-order valence-electron chi connectivity index (χ0n) is 5.58. The van der Waals surface area contributed by atoms with Gasteiger partial charge in [-0.3, -0.25) is 0 Å². The quantitative estimate of drug-likeness (QED) is 0.651. The van der Waals surface area contributed by atoms with Crippen LogP contribution in [0.25, 0.3) is 0 Å². The maximum absolute atomic E-state index is 5.23. The Morgan fingerprint density at radius 2 is 2.40 bits per heavy atom. The summed E-state index contributed by atoms with van der Waals surface area (Å²) in [6.07, 6.45) is 3.53. The summed E-state index contributed by atoms with van der Waals surface area (Å²) in [6.45, 7) is 0. The third kappa shape index (κ3) is 1.10. The summed E-state index contributed by atoms with van der Waals surface area (Å²) in [5.41, 5.74) is 5.23. The zero-order chi connectivity index (χ0) is 6.97. The van der Waals surface area contributed by atoms with E-state index in [4.69, 9.17) is 5.73 Å². The molecule has 4 nitrogen and oxygen atoms in total. The van der Waals surface area contributed by atoms with Crippen molar-refractivity contribution in [2.75, 3.05) is 5.73 Å². The summed E-state index contributed by atoms with van der Waals surface area (Å²) < 4.78 is 4.61. The summed E-state index contributed by atoms with van der Waals surface area (Å²) in [6, 6.07) is 0.177. The van der Waals surface area contributed by atoms with Crippen LogP contribution in [0.1, 0.15) is 18.7 Å². The third-order valence-electron chi connectivity index (χ3n) is 1.65. The molecule has 0 unspecified atom stereocenters. The molecule has 1 fully saturated rings. The molecule has 0 saturated heterocycles. The van der Waals surface area contributed by atoms with Crippen LogP contribution in [-0.2, 0) is 6.42 Å². The Morgan fingerprint density at radius 1 is 1.60 bits per heavy atom. The second-order valence-electron chi connectivity index (χ2n) is 2.70. The molecule has 0 atom stereocenters. The van der Waals surface area contributed by atoms with E-state index in [9.17, 15) is 0 Å². The fourth-order valence-corrected chi connectivity index (χ4v) is 0.931. The fraction of sp³-hybridized carbons (Fsp3) is 0.667. The van der Waals surface area contributed by atoms with Crippen molar-refractivity contribution in [3.05, 3.63) is 5.82 Å². The molecule has 54 valence electrons. The standard InChI is InChI=1S/C6H9N3O/c7-6-8-5(9-10-6)3-4-1-2-4/h4H,1-3H2,(H2,7,8,9). The first-order chi connectivity index (χ1) is 4.84. The van der Waals surface area contributed by atoms with Gasteiger partial charge >= 0.3 is 6.01 Å². The van der Waals surface area contributed by atoms with E-state index in [0.717, 1.165) is 18.2 Å². The van der Waals surface area contributed by atoms with Crippen LogP contribution in [0.3, 0.4) is 0 Å². The van der Waals surface area contributed by atoms with Gasteiger partial charge in [0.2, 0.25) is 0 Å². The van der Waals surface area contributed by atoms with Crippen LogP contribution in [-0.4, -0.2) is 10.1 Å². The van der Waals surface area contributed by atoms with E-state index < -0.39 is 0 Å². The normalized spacial score (nSPS) is 17.6. The Hall–Kier alpha value is -1.06. The van der Waals surface area contributed by atoms with Gasteiger partial charge in [0.15, 0.2) is 5.82 Å². The van der Waals surface area contributed by atoms with Crippen LogP contribution in [0.15, 0.2) is 4.52 Å². The van der Waals surface area contributed by atoms with Crippen molar-refractivity contribution in [1.82, 2.24) is 10.1 Å². The van der Waals surface area contributed by atoms with E-state index in [-0.39, 0.29) is 6.01 Å². The van der Waals surface area contributed by atoms with Crippen LogP contribution < -0.4 is 5.73 Å². The monoisotopic (exact) mass is 139 g/mol. The molecule has 1 aliphatic carbocycles. The number of hydrogen-bond acceptors (Lipinski definition) is 4. The van der Waals surface area contributed by atoms with Gasteiger partial charge in [0.25, 0.3) is 0 Å². The Balaban J connectivity index is 2.03. The lowest BCUT2D eigenvalue weighted by molar-refractivity contribution is 0.425. The first-order valence-electron chi connectivity index (χ1n) is 3.42. The molecule has 0 amide bonds. The van der Waals surface area contributed by atoms with Gasteiger partial charge in [-0.15, -0.1) is 0 Å². The van der Waals surface area contributed by atoms with Gasteiger partial charge in [0, 0.05) is 6.42 Å². The maximum Gasteiger partial charge on any atom is 0.318 e. The highest BCUT2D eigenvalue weighted by atomic mass is 16.5. The van der Waals surface area contributed by atoms with Gasteiger partial charge in [-0.25, -0.2) is 0 Å². The molecule has 0 aliphatic heterocycles. The largest absolute Gasteiger partial charge is 0.351 e. The topological polar surface area (TPSA) is 64.9 Å². The predicted octanol–water partition coefficient (Wildman–Crippen LogP) is 0.604. The van der Waals surface area contributed by atoms with Crippen molar-refractivity contribution >= 4 is 6.01 Å². The highest BCUT2D eigenvalue weighted by Crippen LogP contribution is 2.31. The fourth-order valence-electron chi connectivity index (χ4n) is 0.931. The molecule has 0 bridgehead atoms. The summed E-state index contributed by atoms with van der Waals surface area (Å²) in [4.78, 5) is 3.89. The van der Waals surface area contributed by atoms with Gasteiger partial charge in [-0.1, -0.05) is 5.16 Å². The number of nitrogens with two attached hydrogens (primary N) is 1. The molecule has 1 heterocycles. The molecule has 0 radical (unpaired) electrons. The van der Waals surface area contributed by atoms with Gasteiger partial charge in [0.1, 0.15) is 0 Å². The van der Waals surface area contributed by atoms with Crippen molar-refractivity contribution in [3.63, 3.8) is 0 Å². The number of rotatable bonds is 2. The van der Waals surface area contributed by atoms with Crippen molar-refractivity contribution in [2.24, 2.45) is 5.92 Å². The van der Waals surface area contributed by atoms with E-state index in [1.807, 2.05) is 0 Å². The highest BCUT2D eigenvalue weighted by molar-refractivity contribution is 5.07. The van der Waals surface area contributed by atoms with Crippen molar-refractivity contribution < 1.29 is 4.52 Å². The minimum atomic E-state index is 0.177. The van der Waals surface area contributed by atoms with Crippen LogP contribution >= 0.6 is 0 Å². The number of nitrogen functional groups attached to an aromatic ring is 1. The van der Waals surface area contributed by atoms with Crippen LogP contribution in [0.4, 0.5) is 6.01 Å². The smallest absolute Gasteiger partial charge is 0.318 e. The summed E-state index contributed by atoms with van der Waals surface area (Å²) in [5, 5.41) is 3.68. The summed E-state index contributed by atoms with van der Waals surface area (Å²) >= 11 is 0. The van der Waals surface area contributed by atoms with Gasteiger partial charge in [-0.05, 0) is 18.8 Å². The van der Waals surface area contributed by atoms with Crippen LogP contribution in [0, 0.1) is 5.92 Å². The van der Waals surface area contributed by atoms with Crippen molar-refractivity contribution in [2.45, 2.75) is 19.3 Å². The lowest BCUT2D eigenvalue weighted by atomic mass is 10.3. The van der Waals surface area contributed by atoms with Gasteiger partial charge in [-0.2, -0.15) is 4.98 Å². The number of nitrogens with zero attached hydrogens (tertiary/aromatic N) is 2. The second-order valence-corrected chi connectivity index (χ2v) is 2.70. The van der Waals surface area contributed by atoms with E-state index in [2.05, 4.69) is 14.7 Å². The molecule has 2 rings (SSSR count). The van der Waals surface area contributed by atoms with E-state index in [1.54, 1.807) is 0 Å². The van der Waals surface area contributed by atoms with E-state index in [1.165, 1.54) is 12.8 Å². The molecule has 1 aromatic heterocycles. The Bertz CT molecular complexity index is 229. The SMILES string of the molecule is Nc1nc(CC2CC2)no1. The average molecular weight is 139 g/mol. The summed E-state index contributed by atoms with van der Waals surface area (Å²) in [7, 11) is 0. The number of aromatic nitrogens is 2. The van der Waals surface area contributed by atoms with E-state index in [0.29, 0.717) is 0 Å². The number of hydrogen-bond donors (Lipinski definition) is 1. The summed E-state index contributed by atoms with van der Waals surface area (Å²) in [5.74, 6) is 1.54.